The molecule has 0 saturated carbocycles. The van der Waals surface area contributed by atoms with Crippen molar-refractivity contribution >= 4 is 46.6 Å². The van der Waals surface area contributed by atoms with E-state index in [-0.39, 0.29) is 17.7 Å². The fourth-order valence-corrected chi connectivity index (χ4v) is 5.31. The molecule has 3 aromatic rings. The van der Waals surface area contributed by atoms with E-state index < -0.39 is 12.0 Å². The van der Waals surface area contributed by atoms with E-state index in [9.17, 15) is 9.59 Å². The highest BCUT2D eigenvalue weighted by atomic mass is 35.5. The molecule has 182 valence electrons. The third-order valence-electron chi connectivity index (χ3n) is 5.52. The van der Waals surface area contributed by atoms with Crippen LogP contribution >= 0.6 is 34.5 Å². The van der Waals surface area contributed by atoms with Crippen LogP contribution in [0.4, 0.5) is 0 Å². The molecule has 4 rings (SSSR count). The molecule has 0 spiro atoms. The third-order valence-corrected chi connectivity index (χ3v) is 7.33. The van der Waals surface area contributed by atoms with Gasteiger partial charge in [-0.2, -0.15) is 0 Å². The lowest BCUT2D eigenvalue weighted by atomic mass is 9.94. The van der Waals surface area contributed by atoms with Gasteiger partial charge in [0.15, 0.2) is 4.80 Å². The molecule has 2 heterocycles. The largest absolute Gasteiger partial charge is 0.497 e. The van der Waals surface area contributed by atoms with E-state index in [0.717, 1.165) is 0 Å². The number of ether oxygens (including phenoxy) is 3. The highest BCUT2D eigenvalue weighted by Crippen LogP contribution is 2.37. The number of benzene rings is 2. The number of halogens is 2. The Hall–Kier alpha value is -3.07. The summed E-state index contributed by atoms with van der Waals surface area (Å²) in [6.07, 6.45) is 1.67. The average Bonchev–Trinajstić information content (AvgIpc) is 3.15. The minimum absolute atomic E-state index is 0.176. The fourth-order valence-electron chi connectivity index (χ4n) is 3.91. The number of fused-ring (bicyclic) bond motifs is 1. The summed E-state index contributed by atoms with van der Waals surface area (Å²) in [7, 11) is 3.07. The Morgan fingerprint density at radius 2 is 1.97 bits per heavy atom. The third kappa shape index (κ3) is 4.61. The van der Waals surface area contributed by atoms with Gasteiger partial charge in [-0.1, -0.05) is 46.7 Å². The summed E-state index contributed by atoms with van der Waals surface area (Å²) in [6, 6.07) is 9.57. The topological polar surface area (TPSA) is 79.1 Å². The van der Waals surface area contributed by atoms with Crippen molar-refractivity contribution in [3.8, 4) is 11.5 Å². The summed E-state index contributed by atoms with van der Waals surface area (Å²) in [5.41, 5.74) is 1.53. The standard InChI is InChI=1S/C25H22Cl2N2O5S/c1-5-34-24(31)20-13(2)28-25-29(22(20)16-12-15(32-3)9-10-18(16)33-4)23(30)19(35-25)11-14-7-6-8-17(26)21(14)27/h6-12,22H,5H2,1-4H3/b19-11+/t22-/m1/s1. The quantitative estimate of drug-likeness (QED) is 0.446. The van der Waals surface area contributed by atoms with Gasteiger partial charge in [-0.25, -0.2) is 9.79 Å². The number of allylic oxidation sites excluding steroid dienone is 1. The monoisotopic (exact) mass is 532 g/mol. The number of carbonyl (C=O) groups is 1. The highest BCUT2D eigenvalue weighted by Gasteiger charge is 2.35. The Morgan fingerprint density at radius 3 is 2.66 bits per heavy atom. The first-order valence-corrected chi connectivity index (χ1v) is 12.2. The number of methoxy groups -OCH3 is 2. The summed E-state index contributed by atoms with van der Waals surface area (Å²) in [5, 5.41) is 0.724. The molecule has 0 amide bonds. The van der Waals surface area contributed by atoms with Crippen LogP contribution in [0.15, 0.2) is 57.5 Å². The molecule has 0 N–H and O–H groups in total. The molecule has 1 atom stereocenters. The Morgan fingerprint density at radius 1 is 1.20 bits per heavy atom. The number of hydrogen-bond acceptors (Lipinski definition) is 7. The second-order valence-corrected chi connectivity index (χ2v) is 9.35. The van der Waals surface area contributed by atoms with Crippen LogP contribution < -0.4 is 24.4 Å². The van der Waals surface area contributed by atoms with Gasteiger partial charge in [0.05, 0.1) is 46.7 Å². The van der Waals surface area contributed by atoms with E-state index in [4.69, 9.17) is 37.4 Å². The molecular formula is C25H22Cl2N2O5S. The van der Waals surface area contributed by atoms with Gasteiger partial charge >= 0.3 is 5.97 Å². The molecule has 0 aliphatic carbocycles. The van der Waals surface area contributed by atoms with Crippen LogP contribution in [0, 0.1) is 0 Å². The first-order chi connectivity index (χ1) is 16.8. The summed E-state index contributed by atoms with van der Waals surface area (Å²) in [5.74, 6) is 0.474. The molecule has 1 aliphatic rings. The van der Waals surface area contributed by atoms with E-state index in [2.05, 4.69) is 4.99 Å². The van der Waals surface area contributed by atoms with Gasteiger partial charge in [-0.15, -0.1) is 0 Å². The van der Waals surface area contributed by atoms with Gasteiger partial charge in [-0.3, -0.25) is 9.36 Å². The first kappa shape index (κ1) is 25.0. The minimum atomic E-state index is -0.840. The number of hydrogen-bond donors (Lipinski definition) is 0. The second-order valence-electron chi connectivity index (χ2n) is 7.55. The van der Waals surface area contributed by atoms with E-state index in [1.807, 2.05) is 0 Å². The van der Waals surface area contributed by atoms with Crippen LogP contribution in [0.1, 0.15) is 31.0 Å². The Bertz CT molecular complexity index is 1520. The van der Waals surface area contributed by atoms with Crippen molar-refractivity contribution in [2.45, 2.75) is 19.9 Å². The van der Waals surface area contributed by atoms with Crippen LogP contribution in [0.2, 0.25) is 10.0 Å². The number of nitrogens with zero attached hydrogens (tertiary/aromatic N) is 2. The average molecular weight is 533 g/mol. The molecule has 10 heteroatoms. The van der Waals surface area contributed by atoms with E-state index in [1.54, 1.807) is 63.4 Å². The van der Waals surface area contributed by atoms with Crippen molar-refractivity contribution < 1.29 is 19.0 Å². The van der Waals surface area contributed by atoms with E-state index >= 15 is 0 Å². The number of aromatic nitrogens is 1. The summed E-state index contributed by atoms with van der Waals surface area (Å²) >= 11 is 13.7. The summed E-state index contributed by atoms with van der Waals surface area (Å²) in [4.78, 5) is 31.8. The van der Waals surface area contributed by atoms with Crippen molar-refractivity contribution in [3.63, 3.8) is 0 Å². The van der Waals surface area contributed by atoms with Crippen molar-refractivity contribution in [3.05, 3.63) is 88.5 Å². The van der Waals surface area contributed by atoms with Crippen LogP contribution in [0.25, 0.3) is 6.08 Å². The van der Waals surface area contributed by atoms with Crippen molar-refractivity contribution in [1.29, 1.82) is 0 Å². The van der Waals surface area contributed by atoms with Crippen molar-refractivity contribution in [1.82, 2.24) is 4.57 Å². The van der Waals surface area contributed by atoms with E-state index in [0.29, 0.717) is 47.7 Å². The number of rotatable bonds is 6. The Balaban J connectivity index is 2.04. The van der Waals surface area contributed by atoms with Crippen molar-refractivity contribution in [2.75, 3.05) is 20.8 Å². The van der Waals surface area contributed by atoms with Gasteiger partial charge < -0.3 is 14.2 Å². The molecular weight excluding hydrogens is 511 g/mol. The molecule has 0 radical (unpaired) electrons. The van der Waals surface area contributed by atoms with Gasteiger partial charge in [-0.05, 0) is 49.8 Å². The molecule has 0 unspecified atom stereocenters. The van der Waals surface area contributed by atoms with Gasteiger partial charge in [0.25, 0.3) is 5.56 Å². The van der Waals surface area contributed by atoms with Crippen LogP contribution in [0.3, 0.4) is 0 Å². The molecule has 0 saturated heterocycles. The maximum atomic E-state index is 13.7. The molecule has 35 heavy (non-hydrogen) atoms. The van der Waals surface area contributed by atoms with Crippen LogP contribution in [-0.4, -0.2) is 31.4 Å². The number of esters is 1. The minimum Gasteiger partial charge on any atom is -0.497 e. The fraction of sp³-hybridized carbons (Fsp3) is 0.240. The lowest BCUT2D eigenvalue weighted by Crippen LogP contribution is -2.40. The summed E-state index contributed by atoms with van der Waals surface area (Å²) in [6.45, 7) is 3.62. The molecule has 2 aromatic carbocycles. The van der Waals surface area contributed by atoms with Gasteiger partial charge in [0.1, 0.15) is 17.5 Å². The molecule has 0 fully saturated rings. The zero-order valence-corrected chi connectivity index (χ0v) is 21.8. The molecule has 0 bridgehead atoms. The molecule has 1 aromatic heterocycles. The van der Waals surface area contributed by atoms with Gasteiger partial charge in [0, 0.05) is 5.56 Å². The predicted octanol–water partition coefficient (Wildman–Crippen LogP) is 4.12. The highest BCUT2D eigenvalue weighted by molar-refractivity contribution is 7.07. The van der Waals surface area contributed by atoms with Gasteiger partial charge in [0.2, 0.25) is 0 Å². The summed E-state index contributed by atoms with van der Waals surface area (Å²) < 4.78 is 18.2. The zero-order chi connectivity index (χ0) is 25.3. The smallest absolute Gasteiger partial charge is 0.338 e. The van der Waals surface area contributed by atoms with Crippen molar-refractivity contribution in [2.24, 2.45) is 4.99 Å². The van der Waals surface area contributed by atoms with Crippen LogP contribution in [-0.2, 0) is 9.53 Å². The lowest BCUT2D eigenvalue weighted by molar-refractivity contribution is -0.139. The lowest BCUT2D eigenvalue weighted by Gasteiger charge is -2.26. The van der Waals surface area contributed by atoms with Crippen LogP contribution in [0.5, 0.6) is 11.5 Å². The Kier molecular flexibility index (Phi) is 7.35. The second kappa shape index (κ2) is 10.3. The SMILES string of the molecule is CCOC(=O)C1=C(C)N=c2s/c(=C/c3cccc(Cl)c3Cl)c(=O)n2[C@@H]1c1cc(OC)ccc1OC. The maximum Gasteiger partial charge on any atom is 0.338 e. The first-order valence-electron chi connectivity index (χ1n) is 10.7. The molecule has 1 aliphatic heterocycles. The number of thiazole rings is 1. The number of carbonyl (C=O) groups excluding carboxylic acids is 1. The zero-order valence-electron chi connectivity index (χ0n) is 19.4. The van der Waals surface area contributed by atoms with E-state index in [1.165, 1.54) is 23.0 Å². The predicted molar refractivity (Wildman–Crippen MR) is 136 cm³/mol. The normalized spacial score (nSPS) is 15.5. The molecule has 7 nitrogen and oxygen atoms in total. The maximum absolute atomic E-state index is 13.7. The Labute approximate surface area is 215 Å².